The molecule has 0 aromatic heterocycles. The van der Waals surface area contributed by atoms with Crippen LogP contribution in [0.25, 0.3) is 0 Å². The molecule has 0 saturated carbocycles. The van der Waals surface area contributed by atoms with E-state index in [4.69, 9.17) is 4.74 Å². The second-order valence-corrected chi connectivity index (χ2v) is 6.51. The standard InChI is InChI=1S/C20H19NO5/c1-12-6-7-17(11-18(12)21(24)25)20(23)26-13(2)19(22)16-9-8-14-4-3-5-15(14)10-16/h6-11,13H,3-5H2,1-2H3/t13-/m1/s1. The van der Waals surface area contributed by atoms with E-state index in [2.05, 4.69) is 0 Å². The zero-order valence-corrected chi connectivity index (χ0v) is 14.7. The van der Waals surface area contributed by atoms with Crippen LogP contribution in [0, 0.1) is 17.0 Å². The van der Waals surface area contributed by atoms with Crippen molar-refractivity contribution in [1.29, 1.82) is 0 Å². The molecule has 0 heterocycles. The van der Waals surface area contributed by atoms with E-state index in [0.29, 0.717) is 11.1 Å². The fourth-order valence-electron chi connectivity index (χ4n) is 3.17. The van der Waals surface area contributed by atoms with Crippen LogP contribution >= 0.6 is 0 Å². The van der Waals surface area contributed by atoms with E-state index in [1.807, 2.05) is 12.1 Å². The first-order chi connectivity index (χ1) is 12.4. The lowest BCUT2D eigenvalue weighted by atomic mass is 10.0. The van der Waals surface area contributed by atoms with Gasteiger partial charge in [-0.2, -0.15) is 0 Å². The highest BCUT2D eigenvalue weighted by Crippen LogP contribution is 2.24. The Morgan fingerprint density at radius 1 is 1.08 bits per heavy atom. The first-order valence-electron chi connectivity index (χ1n) is 8.49. The number of ether oxygens (including phenoxy) is 1. The number of nitro benzene ring substituents is 1. The zero-order chi connectivity index (χ0) is 18.8. The third-order valence-corrected chi connectivity index (χ3v) is 4.68. The summed E-state index contributed by atoms with van der Waals surface area (Å²) in [6.45, 7) is 3.10. The summed E-state index contributed by atoms with van der Waals surface area (Å²) < 4.78 is 5.24. The van der Waals surface area contributed by atoms with E-state index in [1.54, 1.807) is 13.0 Å². The molecule has 0 amide bonds. The maximum atomic E-state index is 12.6. The number of Topliss-reactive ketones (excluding diaryl/α,β-unsaturated/α-hetero) is 1. The number of benzene rings is 2. The summed E-state index contributed by atoms with van der Waals surface area (Å²) in [4.78, 5) is 35.3. The lowest BCUT2D eigenvalue weighted by Gasteiger charge is -2.13. The highest BCUT2D eigenvalue weighted by molar-refractivity contribution is 6.01. The third-order valence-electron chi connectivity index (χ3n) is 4.68. The zero-order valence-electron chi connectivity index (χ0n) is 14.7. The van der Waals surface area contributed by atoms with Crippen LogP contribution in [0.2, 0.25) is 0 Å². The first-order valence-corrected chi connectivity index (χ1v) is 8.49. The number of esters is 1. The molecule has 26 heavy (non-hydrogen) atoms. The minimum atomic E-state index is -0.970. The number of nitro groups is 1. The summed E-state index contributed by atoms with van der Waals surface area (Å²) in [5, 5.41) is 11.0. The SMILES string of the molecule is Cc1ccc(C(=O)O[C@H](C)C(=O)c2ccc3c(c2)CCC3)cc1[N+](=O)[O-]. The van der Waals surface area contributed by atoms with E-state index >= 15 is 0 Å². The van der Waals surface area contributed by atoms with Gasteiger partial charge in [0.1, 0.15) is 0 Å². The van der Waals surface area contributed by atoms with Gasteiger partial charge in [-0.3, -0.25) is 14.9 Å². The molecule has 6 heteroatoms. The van der Waals surface area contributed by atoms with Gasteiger partial charge in [-0.1, -0.05) is 18.2 Å². The maximum absolute atomic E-state index is 12.6. The second kappa shape index (κ2) is 7.07. The summed E-state index contributed by atoms with van der Waals surface area (Å²) in [7, 11) is 0. The Labute approximate surface area is 150 Å². The molecule has 0 unspecified atom stereocenters. The summed E-state index contributed by atoms with van der Waals surface area (Å²) in [6, 6.07) is 9.69. The highest BCUT2D eigenvalue weighted by Gasteiger charge is 2.23. The molecular weight excluding hydrogens is 334 g/mol. The number of rotatable bonds is 5. The number of carbonyl (C=O) groups excluding carboxylic acids is 2. The predicted octanol–water partition coefficient (Wildman–Crippen LogP) is 3.82. The van der Waals surface area contributed by atoms with Crippen LogP contribution in [0.15, 0.2) is 36.4 Å². The normalized spacial score (nSPS) is 13.8. The molecule has 1 aliphatic rings. The molecule has 0 bridgehead atoms. The Morgan fingerprint density at radius 3 is 2.50 bits per heavy atom. The van der Waals surface area contributed by atoms with E-state index in [-0.39, 0.29) is 17.0 Å². The molecule has 2 aromatic carbocycles. The number of fused-ring (bicyclic) bond motifs is 1. The Hall–Kier alpha value is -3.02. The van der Waals surface area contributed by atoms with E-state index in [1.165, 1.54) is 36.2 Å². The van der Waals surface area contributed by atoms with Gasteiger partial charge in [-0.05, 0) is 56.4 Å². The minimum Gasteiger partial charge on any atom is -0.451 e. The predicted molar refractivity (Wildman–Crippen MR) is 95.5 cm³/mol. The Kier molecular flexibility index (Phi) is 4.84. The number of hydrogen-bond acceptors (Lipinski definition) is 5. The molecule has 0 aliphatic heterocycles. The van der Waals surface area contributed by atoms with Crippen LogP contribution < -0.4 is 0 Å². The van der Waals surface area contributed by atoms with Gasteiger partial charge in [0.2, 0.25) is 5.78 Å². The Morgan fingerprint density at radius 2 is 1.77 bits per heavy atom. The monoisotopic (exact) mass is 353 g/mol. The highest BCUT2D eigenvalue weighted by atomic mass is 16.6. The number of nitrogens with zero attached hydrogens (tertiary/aromatic N) is 1. The molecule has 0 radical (unpaired) electrons. The van der Waals surface area contributed by atoms with Gasteiger partial charge in [0, 0.05) is 17.2 Å². The van der Waals surface area contributed by atoms with Crippen molar-refractivity contribution in [3.05, 3.63) is 74.3 Å². The molecule has 3 rings (SSSR count). The molecule has 0 spiro atoms. The van der Waals surface area contributed by atoms with Gasteiger partial charge in [0.15, 0.2) is 6.10 Å². The van der Waals surface area contributed by atoms with E-state index < -0.39 is 17.0 Å². The summed E-state index contributed by atoms with van der Waals surface area (Å²) in [5.74, 6) is -1.04. The molecule has 134 valence electrons. The quantitative estimate of drug-likeness (QED) is 0.353. The Balaban J connectivity index is 1.74. The first kappa shape index (κ1) is 17.8. The molecule has 0 saturated heterocycles. The van der Waals surface area contributed by atoms with Gasteiger partial charge < -0.3 is 4.74 Å². The van der Waals surface area contributed by atoms with Crippen molar-refractivity contribution < 1.29 is 19.2 Å². The van der Waals surface area contributed by atoms with Crippen molar-refractivity contribution in [2.45, 2.75) is 39.2 Å². The smallest absolute Gasteiger partial charge is 0.339 e. The van der Waals surface area contributed by atoms with Crippen molar-refractivity contribution in [1.82, 2.24) is 0 Å². The number of aryl methyl sites for hydroxylation is 3. The molecule has 1 aliphatic carbocycles. The average Bonchev–Trinajstić information content (AvgIpc) is 3.08. The third kappa shape index (κ3) is 3.49. The molecule has 2 aromatic rings. The van der Waals surface area contributed by atoms with Crippen molar-refractivity contribution >= 4 is 17.4 Å². The maximum Gasteiger partial charge on any atom is 0.339 e. The van der Waals surface area contributed by atoms with Crippen molar-refractivity contribution in [2.75, 3.05) is 0 Å². The van der Waals surface area contributed by atoms with Gasteiger partial charge in [0.05, 0.1) is 10.5 Å². The Bertz CT molecular complexity index is 903. The largest absolute Gasteiger partial charge is 0.451 e. The van der Waals surface area contributed by atoms with Gasteiger partial charge >= 0.3 is 5.97 Å². The molecule has 0 N–H and O–H groups in total. The van der Waals surface area contributed by atoms with E-state index in [9.17, 15) is 19.7 Å². The molecule has 1 atom stereocenters. The summed E-state index contributed by atoms with van der Waals surface area (Å²) in [5.41, 5.74) is 3.30. The summed E-state index contributed by atoms with van der Waals surface area (Å²) in [6.07, 6.45) is 2.10. The lowest BCUT2D eigenvalue weighted by molar-refractivity contribution is -0.385. The fourth-order valence-corrected chi connectivity index (χ4v) is 3.17. The number of ketones is 1. The fraction of sp³-hybridized carbons (Fsp3) is 0.300. The van der Waals surface area contributed by atoms with Crippen molar-refractivity contribution in [3.63, 3.8) is 0 Å². The molecule has 6 nitrogen and oxygen atoms in total. The molecule has 0 fully saturated rings. The number of carbonyl (C=O) groups is 2. The minimum absolute atomic E-state index is 0.0518. The molecular formula is C20H19NO5. The summed E-state index contributed by atoms with van der Waals surface area (Å²) >= 11 is 0. The van der Waals surface area contributed by atoms with Gasteiger partial charge in [0.25, 0.3) is 5.69 Å². The number of hydrogen-bond donors (Lipinski definition) is 0. The van der Waals surface area contributed by atoms with Gasteiger partial charge in [-0.15, -0.1) is 0 Å². The van der Waals surface area contributed by atoms with Crippen LogP contribution in [0.3, 0.4) is 0 Å². The van der Waals surface area contributed by atoms with Crippen molar-refractivity contribution in [3.8, 4) is 0 Å². The van der Waals surface area contributed by atoms with Crippen molar-refractivity contribution in [2.24, 2.45) is 0 Å². The van der Waals surface area contributed by atoms with Crippen LogP contribution in [-0.2, 0) is 17.6 Å². The van der Waals surface area contributed by atoms with Crippen LogP contribution in [0.5, 0.6) is 0 Å². The average molecular weight is 353 g/mol. The van der Waals surface area contributed by atoms with Crippen LogP contribution in [0.4, 0.5) is 5.69 Å². The van der Waals surface area contributed by atoms with E-state index in [0.717, 1.165) is 19.3 Å². The van der Waals surface area contributed by atoms with Crippen LogP contribution in [0.1, 0.15) is 50.8 Å². The van der Waals surface area contributed by atoms with Gasteiger partial charge in [-0.25, -0.2) is 4.79 Å². The topological polar surface area (TPSA) is 86.5 Å². The van der Waals surface area contributed by atoms with Crippen LogP contribution in [-0.4, -0.2) is 22.8 Å². The lowest BCUT2D eigenvalue weighted by Crippen LogP contribution is -2.24. The second-order valence-electron chi connectivity index (χ2n) is 6.51.